The Labute approximate surface area is 122 Å². The van der Waals surface area contributed by atoms with Gasteiger partial charge in [0.1, 0.15) is 6.04 Å². The van der Waals surface area contributed by atoms with Crippen LogP contribution in [0, 0.1) is 6.92 Å². The van der Waals surface area contributed by atoms with E-state index in [1.54, 1.807) is 31.0 Å². The Balaban J connectivity index is 2.04. The monoisotopic (exact) mass is 290 g/mol. The molecular weight excluding hydrogens is 272 g/mol. The average molecular weight is 290 g/mol. The van der Waals surface area contributed by atoms with Crippen molar-refractivity contribution < 1.29 is 14.4 Å². The molecule has 1 aliphatic rings. The number of nitrogens with zero attached hydrogens (tertiary/aromatic N) is 1. The lowest BCUT2D eigenvalue weighted by Gasteiger charge is -2.14. The van der Waals surface area contributed by atoms with Crippen LogP contribution in [0.25, 0.3) is 0 Å². The number of benzene rings is 1. The molecule has 0 spiro atoms. The maximum absolute atomic E-state index is 11.9. The van der Waals surface area contributed by atoms with Crippen molar-refractivity contribution in [2.75, 3.05) is 18.9 Å². The number of nitrogens with one attached hydrogen (secondary N) is 2. The first-order valence-electron chi connectivity index (χ1n) is 6.61. The molecule has 1 atom stereocenters. The molecule has 1 aromatic carbocycles. The van der Waals surface area contributed by atoms with Crippen molar-refractivity contribution in [1.82, 2.24) is 10.2 Å². The van der Waals surface area contributed by atoms with Crippen LogP contribution in [0.2, 0.25) is 0 Å². The topological polar surface area (TPSA) is 105 Å². The van der Waals surface area contributed by atoms with Gasteiger partial charge in [-0.05, 0) is 31.0 Å². The van der Waals surface area contributed by atoms with Crippen LogP contribution in [0.15, 0.2) is 18.2 Å². The van der Waals surface area contributed by atoms with Crippen molar-refractivity contribution in [1.29, 1.82) is 0 Å². The van der Waals surface area contributed by atoms with E-state index in [0.29, 0.717) is 24.2 Å². The predicted molar refractivity (Wildman–Crippen MR) is 77.9 cm³/mol. The summed E-state index contributed by atoms with van der Waals surface area (Å²) in [6.07, 6.45) is 0.586. The van der Waals surface area contributed by atoms with Crippen LogP contribution in [0.1, 0.15) is 22.3 Å². The minimum absolute atomic E-state index is 0.104. The largest absolute Gasteiger partial charge is 0.366 e. The molecule has 0 unspecified atom stereocenters. The first kappa shape index (κ1) is 14.8. The molecule has 7 nitrogen and oxygen atoms in total. The van der Waals surface area contributed by atoms with Gasteiger partial charge in [-0.1, -0.05) is 6.07 Å². The Hall–Kier alpha value is -2.57. The number of hydrogen-bond acceptors (Lipinski definition) is 3. The van der Waals surface area contributed by atoms with Gasteiger partial charge in [0.05, 0.1) is 0 Å². The third kappa shape index (κ3) is 3.31. The van der Waals surface area contributed by atoms with Crippen LogP contribution >= 0.6 is 0 Å². The van der Waals surface area contributed by atoms with E-state index in [9.17, 15) is 14.4 Å². The van der Waals surface area contributed by atoms with E-state index in [1.165, 1.54) is 6.07 Å². The maximum Gasteiger partial charge on any atom is 0.319 e. The Kier molecular flexibility index (Phi) is 4.11. The Bertz CT molecular complexity index is 600. The highest BCUT2D eigenvalue weighted by Crippen LogP contribution is 2.17. The van der Waals surface area contributed by atoms with E-state index in [4.69, 9.17) is 5.73 Å². The van der Waals surface area contributed by atoms with Gasteiger partial charge in [-0.25, -0.2) is 4.79 Å². The second-order valence-corrected chi connectivity index (χ2v) is 5.09. The van der Waals surface area contributed by atoms with Gasteiger partial charge < -0.3 is 21.3 Å². The summed E-state index contributed by atoms with van der Waals surface area (Å²) in [6, 6.07) is 3.82. The molecule has 0 aliphatic carbocycles. The maximum atomic E-state index is 11.9. The highest BCUT2D eigenvalue weighted by atomic mass is 16.2. The van der Waals surface area contributed by atoms with E-state index in [-0.39, 0.29) is 5.91 Å². The fraction of sp³-hybridized carbons (Fsp3) is 0.357. The van der Waals surface area contributed by atoms with Gasteiger partial charge in [0.25, 0.3) is 0 Å². The second-order valence-electron chi connectivity index (χ2n) is 5.09. The number of likely N-dealkylation sites (tertiary alicyclic amines) is 1. The zero-order chi connectivity index (χ0) is 15.6. The van der Waals surface area contributed by atoms with Gasteiger partial charge in [-0.3, -0.25) is 9.59 Å². The number of anilines is 1. The Morgan fingerprint density at radius 3 is 2.67 bits per heavy atom. The lowest BCUT2D eigenvalue weighted by Crippen LogP contribution is -2.42. The molecule has 112 valence electrons. The lowest BCUT2D eigenvalue weighted by molar-refractivity contribution is -0.128. The second kappa shape index (κ2) is 5.82. The van der Waals surface area contributed by atoms with Crippen LogP contribution < -0.4 is 16.4 Å². The first-order chi connectivity index (χ1) is 9.88. The normalized spacial score (nSPS) is 17.7. The van der Waals surface area contributed by atoms with Crippen LogP contribution in [-0.4, -0.2) is 42.4 Å². The minimum Gasteiger partial charge on any atom is -0.366 e. The number of carbonyl (C=O) groups excluding carboxylic acids is 3. The van der Waals surface area contributed by atoms with Crippen LogP contribution in [0.4, 0.5) is 10.5 Å². The number of nitrogens with two attached hydrogens (primary N) is 1. The zero-order valence-electron chi connectivity index (χ0n) is 12.0. The molecule has 0 saturated carbocycles. The predicted octanol–water partition coefficient (Wildman–Crippen LogP) is 0.446. The van der Waals surface area contributed by atoms with E-state index in [2.05, 4.69) is 10.6 Å². The summed E-state index contributed by atoms with van der Waals surface area (Å²) < 4.78 is 0. The lowest BCUT2D eigenvalue weighted by atomic mass is 10.1. The van der Waals surface area contributed by atoms with Gasteiger partial charge in [0.2, 0.25) is 11.8 Å². The summed E-state index contributed by atoms with van der Waals surface area (Å²) in [7, 11) is 1.70. The molecule has 1 saturated heterocycles. The van der Waals surface area contributed by atoms with Crippen molar-refractivity contribution in [3.63, 3.8) is 0 Å². The molecule has 0 bridgehead atoms. The first-order valence-corrected chi connectivity index (χ1v) is 6.61. The van der Waals surface area contributed by atoms with Gasteiger partial charge in [0.15, 0.2) is 0 Å². The molecule has 0 aromatic heterocycles. The molecule has 4 N–H and O–H groups in total. The van der Waals surface area contributed by atoms with Crippen molar-refractivity contribution in [2.24, 2.45) is 5.73 Å². The van der Waals surface area contributed by atoms with Crippen molar-refractivity contribution in [3.05, 3.63) is 29.3 Å². The number of primary amides is 1. The van der Waals surface area contributed by atoms with Crippen LogP contribution in [0.3, 0.4) is 0 Å². The smallest absolute Gasteiger partial charge is 0.319 e. The Morgan fingerprint density at radius 1 is 1.38 bits per heavy atom. The summed E-state index contributed by atoms with van der Waals surface area (Å²) in [4.78, 5) is 36.4. The molecule has 4 amide bonds. The number of likely N-dealkylation sites (N-methyl/N-ethyl adjacent to an activating group) is 1. The third-order valence-corrected chi connectivity index (χ3v) is 3.50. The average Bonchev–Trinajstić information content (AvgIpc) is 2.73. The number of urea groups is 1. The van der Waals surface area contributed by atoms with Gasteiger partial charge in [0, 0.05) is 24.8 Å². The van der Waals surface area contributed by atoms with Gasteiger partial charge in [-0.15, -0.1) is 0 Å². The van der Waals surface area contributed by atoms with E-state index >= 15 is 0 Å². The molecule has 7 heteroatoms. The molecule has 1 aliphatic heterocycles. The Morgan fingerprint density at radius 2 is 2.10 bits per heavy atom. The van der Waals surface area contributed by atoms with Crippen LogP contribution in [-0.2, 0) is 4.79 Å². The SMILES string of the molecule is Cc1ccc(C(N)=O)cc1NC(=O)N[C@H]1CCN(C)C1=O. The number of hydrogen-bond donors (Lipinski definition) is 3. The summed E-state index contributed by atoms with van der Waals surface area (Å²) >= 11 is 0. The van der Waals surface area contributed by atoms with Gasteiger partial charge >= 0.3 is 6.03 Å². The number of aryl methyl sites for hydroxylation is 1. The van der Waals surface area contributed by atoms with Crippen molar-refractivity contribution in [2.45, 2.75) is 19.4 Å². The number of rotatable bonds is 3. The number of amides is 4. The van der Waals surface area contributed by atoms with Crippen molar-refractivity contribution in [3.8, 4) is 0 Å². The zero-order valence-corrected chi connectivity index (χ0v) is 12.0. The molecule has 21 heavy (non-hydrogen) atoms. The third-order valence-electron chi connectivity index (χ3n) is 3.50. The number of carbonyl (C=O) groups is 3. The van der Waals surface area contributed by atoms with E-state index < -0.39 is 18.0 Å². The van der Waals surface area contributed by atoms with E-state index in [1.807, 2.05) is 0 Å². The summed E-state index contributed by atoms with van der Waals surface area (Å²) in [5.41, 5.74) is 6.81. The molecule has 1 aromatic rings. The highest BCUT2D eigenvalue weighted by molar-refractivity contribution is 5.98. The fourth-order valence-electron chi connectivity index (χ4n) is 2.18. The fourth-order valence-corrected chi connectivity index (χ4v) is 2.18. The molecular formula is C14H18N4O3. The summed E-state index contributed by atoms with van der Waals surface area (Å²) in [5, 5.41) is 5.27. The summed E-state index contributed by atoms with van der Waals surface area (Å²) in [5.74, 6) is -0.668. The van der Waals surface area contributed by atoms with E-state index in [0.717, 1.165) is 5.56 Å². The van der Waals surface area contributed by atoms with Crippen LogP contribution in [0.5, 0.6) is 0 Å². The van der Waals surface area contributed by atoms with Gasteiger partial charge in [-0.2, -0.15) is 0 Å². The van der Waals surface area contributed by atoms with Crippen molar-refractivity contribution >= 4 is 23.5 Å². The molecule has 1 heterocycles. The molecule has 2 rings (SSSR count). The molecule has 1 fully saturated rings. The minimum atomic E-state index is -0.564. The summed E-state index contributed by atoms with van der Waals surface area (Å²) in [6.45, 7) is 2.43. The molecule has 0 radical (unpaired) electrons. The quantitative estimate of drug-likeness (QED) is 0.752. The highest BCUT2D eigenvalue weighted by Gasteiger charge is 2.30. The standard InChI is InChI=1S/C14H18N4O3/c1-8-3-4-9(12(15)19)7-11(8)17-14(21)16-10-5-6-18(2)13(10)20/h3-4,7,10H,5-6H2,1-2H3,(H2,15,19)(H2,16,17,21)/t10-/m0/s1.